The lowest BCUT2D eigenvalue weighted by Gasteiger charge is -2.58. The molecule has 4 saturated heterocycles. The van der Waals surface area contributed by atoms with Gasteiger partial charge in [-0.05, 0) is 105 Å². The van der Waals surface area contributed by atoms with Crippen LogP contribution in [0.5, 0.6) is 0 Å². The number of rotatable bonds is 20. The van der Waals surface area contributed by atoms with E-state index in [2.05, 4.69) is 40.7 Å². The molecule has 7 fully saturated rings. The van der Waals surface area contributed by atoms with Crippen molar-refractivity contribution < 1.29 is 63.5 Å². The maximum Gasteiger partial charge on any atom is 0.305 e. The van der Waals surface area contributed by atoms with Gasteiger partial charge in [0, 0.05) is 18.8 Å². The highest BCUT2D eigenvalue weighted by molar-refractivity contribution is 5.69. The first-order valence-corrected chi connectivity index (χ1v) is 27.8. The van der Waals surface area contributed by atoms with Crippen LogP contribution in [0, 0.1) is 46.3 Å². The van der Waals surface area contributed by atoms with E-state index < -0.39 is 67.2 Å². The van der Waals surface area contributed by atoms with Crippen LogP contribution in [0.25, 0.3) is 0 Å². The Hall–Kier alpha value is -1.23. The summed E-state index contributed by atoms with van der Waals surface area (Å²) < 4.78 is 44.3. The summed E-state index contributed by atoms with van der Waals surface area (Å²) in [5, 5.41) is 54.9. The van der Waals surface area contributed by atoms with Gasteiger partial charge in [0.15, 0.2) is 18.4 Å². The maximum atomic E-state index is 12.9. The van der Waals surface area contributed by atoms with Crippen molar-refractivity contribution in [2.45, 2.75) is 269 Å². The molecule has 0 radical (unpaired) electrons. The summed E-state index contributed by atoms with van der Waals surface area (Å²) in [5.41, 5.74) is 1.64. The fraction of sp³-hybridized carbons (Fsp3) is 0.945. The molecule has 4 aliphatic carbocycles. The molecule has 1 spiro atoms. The van der Waals surface area contributed by atoms with Crippen LogP contribution in [0.1, 0.15) is 189 Å². The highest BCUT2D eigenvalue weighted by Crippen LogP contribution is 2.70. The number of fused-ring (bicyclic) bond motifs is 7. The molecule has 3 saturated carbocycles. The van der Waals surface area contributed by atoms with Gasteiger partial charge < -0.3 is 58.7 Å². The Morgan fingerprint density at radius 1 is 0.735 bits per heavy atom. The molecule has 0 aromatic carbocycles. The van der Waals surface area contributed by atoms with E-state index in [1.54, 1.807) is 6.92 Å². The van der Waals surface area contributed by atoms with E-state index in [1.807, 2.05) is 0 Å². The standard InChI is InChI=1S/C55H92O13/c1-7-8-9-10-11-12-13-14-15-16-17-18-19-20-43(56)62-32-42-46(58)48(60)50(67-51-49(61)47(59)45(57)35(4)64-51)52(66-42)65-37-24-26-53(5)36(29-37)21-22-38-39(53)25-27-54(6)40(38)30-41-44(54)34(3)55(68-41)28-23-33(2)31-63-55/h21,33-35,37-42,44-52,57-61H,7-20,22-32H2,1-6H3. The van der Waals surface area contributed by atoms with E-state index in [4.69, 9.17) is 33.2 Å². The van der Waals surface area contributed by atoms with E-state index >= 15 is 0 Å². The number of carbonyl (C=O) groups is 1. The quantitative estimate of drug-likeness (QED) is 0.0446. The number of hydrogen-bond acceptors (Lipinski definition) is 13. The Morgan fingerprint density at radius 3 is 2.10 bits per heavy atom. The minimum atomic E-state index is -1.64. The van der Waals surface area contributed by atoms with Crippen molar-refractivity contribution in [1.82, 2.24) is 0 Å². The van der Waals surface area contributed by atoms with Gasteiger partial charge in [0.05, 0.1) is 24.9 Å². The second-order valence-corrected chi connectivity index (χ2v) is 23.8. The molecule has 21 atom stereocenters. The smallest absolute Gasteiger partial charge is 0.305 e. The molecule has 0 bridgehead atoms. The van der Waals surface area contributed by atoms with Gasteiger partial charge in [-0.2, -0.15) is 0 Å². The first kappa shape index (κ1) is 53.1. The number of unbranched alkanes of at least 4 members (excludes halogenated alkanes) is 12. The minimum Gasteiger partial charge on any atom is -0.463 e. The van der Waals surface area contributed by atoms with Gasteiger partial charge in [-0.15, -0.1) is 0 Å². The average molecular weight is 961 g/mol. The third-order valence-corrected chi connectivity index (χ3v) is 19.3. The summed E-state index contributed by atoms with van der Waals surface area (Å²) in [6.07, 6.45) is 13.9. The van der Waals surface area contributed by atoms with Gasteiger partial charge >= 0.3 is 5.97 Å². The Morgan fingerprint density at radius 2 is 1.43 bits per heavy atom. The van der Waals surface area contributed by atoms with E-state index in [0.717, 1.165) is 64.4 Å². The Kier molecular flexibility index (Phi) is 17.9. The van der Waals surface area contributed by atoms with Crippen molar-refractivity contribution in [3.63, 3.8) is 0 Å². The number of allylic oxidation sites excluding steroid dienone is 1. The fourth-order valence-electron chi connectivity index (χ4n) is 15.1. The van der Waals surface area contributed by atoms with Crippen LogP contribution in [-0.2, 0) is 38.0 Å². The van der Waals surface area contributed by atoms with Gasteiger partial charge in [-0.1, -0.05) is 123 Å². The molecule has 0 aromatic heterocycles. The fourth-order valence-corrected chi connectivity index (χ4v) is 15.1. The van der Waals surface area contributed by atoms with Crippen LogP contribution >= 0.6 is 0 Å². The Labute approximate surface area is 408 Å². The highest BCUT2D eigenvalue weighted by atomic mass is 16.8. The van der Waals surface area contributed by atoms with E-state index in [9.17, 15) is 30.3 Å². The lowest BCUT2D eigenvalue weighted by atomic mass is 9.47. The molecule has 13 nitrogen and oxygen atoms in total. The summed E-state index contributed by atoms with van der Waals surface area (Å²) in [6, 6.07) is 0. The third-order valence-electron chi connectivity index (χ3n) is 19.3. The summed E-state index contributed by atoms with van der Waals surface area (Å²) >= 11 is 0. The average Bonchev–Trinajstić information content (AvgIpc) is 3.77. The van der Waals surface area contributed by atoms with Crippen LogP contribution < -0.4 is 0 Å². The van der Waals surface area contributed by atoms with Crippen molar-refractivity contribution in [3.05, 3.63) is 11.6 Å². The van der Waals surface area contributed by atoms with E-state index in [0.29, 0.717) is 41.9 Å². The predicted octanol–water partition coefficient (Wildman–Crippen LogP) is 8.42. The normalized spacial score (nSPS) is 46.7. The first-order chi connectivity index (χ1) is 32.6. The van der Waals surface area contributed by atoms with Crippen LogP contribution in [0.2, 0.25) is 0 Å². The van der Waals surface area contributed by atoms with Crippen LogP contribution in [0.15, 0.2) is 11.6 Å². The molecule has 21 unspecified atom stereocenters. The van der Waals surface area contributed by atoms with Crippen molar-refractivity contribution in [2.24, 2.45) is 46.3 Å². The summed E-state index contributed by atoms with van der Waals surface area (Å²) in [6.45, 7) is 14.0. The van der Waals surface area contributed by atoms with Crippen molar-refractivity contribution in [1.29, 1.82) is 0 Å². The van der Waals surface area contributed by atoms with Crippen LogP contribution in [-0.4, -0.2) is 124 Å². The lowest BCUT2D eigenvalue weighted by molar-refractivity contribution is -0.369. The summed E-state index contributed by atoms with van der Waals surface area (Å²) in [4.78, 5) is 12.9. The van der Waals surface area contributed by atoms with Crippen molar-refractivity contribution in [3.8, 4) is 0 Å². The Balaban J connectivity index is 0.864. The molecule has 4 heterocycles. The number of aliphatic hydroxyl groups is 5. The van der Waals surface area contributed by atoms with Gasteiger partial charge in [0.25, 0.3) is 0 Å². The van der Waals surface area contributed by atoms with Gasteiger partial charge in [-0.25, -0.2) is 0 Å². The molecule has 0 aromatic rings. The number of hydrogen-bond donors (Lipinski definition) is 5. The van der Waals surface area contributed by atoms with Crippen LogP contribution in [0.4, 0.5) is 0 Å². The van der Waals surface area contributed by atoms with E-state index in [-0.39, 0.29) is 42.0 Å². The monoisotopic (exact) mass is 961 g/mol. The first-order valence-electron chi connectivity index (χ1n) is 27.8. The second kappa shape index (κ2) is 22.9. The number of esters is 1. The van der Waals surface area contributed by atoms with Gasteiger partial charge in [-0.3, -0.25) is 4.79 Å². The Bertz CT molecular complexity index is 1650. The molecule has 390 valence electrons. The van der Waals surface area contributed by atoms with Crippen molar-refractivity contribution in [2.75, 3.05) is 13.2 Å². The highest BCUT2D eigenvalue weighted by Gasteiger charge is 2.69. The zero-order chi connectivity index (χ0) is 48.4. The summed E-state index contributed by atoms with van der Waals surface area (Å²) in [5.74, 6) is 2.42. The molecule has 8 rings (SSSR count). The molecule has 13 heteroatoms. The van der Waals surface area contributed by atoms with Crippen molar-refractivity contribution >= 4 is 5.97 Å². The lowest BCUT2D eigenvalue weighted by Crippen LogP contribution is -2.64. The largest absolute Gasteiger partial charge is 0.463 e. The molecule has 4 aliphatic heterocycles. The number of ether oxygens (including phenoxy) is 7. The minimum absolute atomic E-state index is 0.0221. The van der Waals surface area contributed by atoms with Gasteiger partial charge in [0.2, 0.25) is 0 Å². The zero-order valence-corrected chi connectivity index (χ0v) is 42.6. The third kappa shape index (κ3) is 11.0. The summed E-state index contributed by atoms with van der Waals surface area (Å²) in [7, 11) is 0. The predicted molar refractivity (Wildman–Crippen MR) is 256 cm³/mol. The molecule has 8 aliphatic rings. The zero-order valence-electron chi connectivity index (χ0n) is 42.6. The molecule has 0 amide bonds. The maximum absolute atomic E-state index is 12.9. The topological polar surface area (TPSA) is 183 Å². The second-order valence-electron chi connectivity index (χ2n) is 23.8. The molecular formula is C55H92O13. The number of aliphatic hydroxyl groups excluding tert-OH is 5. The molecular weight excluding hydrogens is 869 g/mol. The van der Waals surface area contributed by atoms with Gasteiger partial charge in [0.1, 0.15) is 49.3 Å². The number of carbonyl (C=O) groups excluding carboxylic acids is 1. The molecule has 5 N–H and O–H groups in total. The SMILES string of the molecule is CCCCCCCCCCCCCCCC(=O)OCC1OC(OC2CCC3(C)C(=CCC4C3CCC3(C)C4CC4OC5(CCC(C)CO5)C(C)C43)C2)C(OC2OC(C)C(O)C(O)C2O)C(O)C1O. The van der Waals surface area contributed by atoms with Crippen LogP contribution in [0.3, 0.4) is 0 Å². The van der Waals surface area contributed by atoms with E-state index in [1.165, 1.54) is 82.6 Å². The molecule has 68 heavy (non-hydrogen) atoms.